The highest BCUT2D eigenvalue weighted by atomic mass is 35.5. The molecule has 3 nitrogen and oxygen atoms in total. The van der Waals surface area contributed by atoms with Crippen molar-refractivity contribution < 1.29 is 9.15 Å². The second-order valence-corrected chi connectivity index (χ2v) is 4.89. The zero-order valence-electron chi connectivity index (χ0n) is 10.1. The first-order valence-electron chi connectivity index (χ1n) is 5.80. The van der Waals surface area contributed by atoms with E-state index in [1.54, 1.807) is 36.4 Å². The third-order valence-electron chi connectivity index (χ3n) is 2.74. The van der Waals surface area contributed by atoms with Gasteiger partial charge in [0.25, 0.3) is 0 Å². The molecule has 0 N–H and O–H groups in total. The molecule has 0 fully saturated rings. The van der Waals surface area contributed by atoms with Crippen LogP contribution in [0.15, 0.2) is 57.7 Å². The van der Waals surface area contributed by atoms with Crippen LogP contribution in [-0.2, 0) is 0 Å². The van der Waals surface area contributed by atoms with Crippen LogP contribution in [0.5, 0.6) is 11.5 Å². The lowest BCUT2D eigenvalue weighted by molar-refractivity contribution is 0.475. The summed E-state index contributed by atoms with van der Waals surface area (Å²) in [5, 5.41) is 1.41. The fraction of sp³-hybridized carbons (Fsp3) is 0. The minimum absolute atomic E-state index is 0.312. The molecule has 5 heteroatoms. The van der Waals surface area contributed by atoms with Crippen molar-refractivity contribution in [3.63, 3.8) is 0 Å². The Hall–Kier alpha value is -1.97. The van der Waals surface area contributed by atoms with Crippen molar-refractivity contribution in [2.75, 3.05) is 0 Å². The van der Waals surface area contributed by atoms with Crippen LogP contribution in [0.25, 0.3) is 11.0 Å². The predicted molar refractivity (Wildman–Crippen MR) is 79.0 cm³/mol. The van der Waals surface area contributed by atoms with E-state index in [1.807, 2.05) is 6.07 Å². The maximum absolute atomic E-state index is 11.6. The molecule has 3 aromatic rings. The smallest absolute Gasteiger partial charge is 0.339 e. The Morgan fingerprint density at radius 3 is 2.40 bits per heavy atom. The Bertz CT molecular complexity index is 820. The van der Waals surface area contributed by atoms with Crippen LogP contribution in [0.4, 0.5) is 0 Å². The normalized spacial score (nSPS) is 10.7. The maximum Gasteiger partial charge on any atom is 0.339 e. The summed E-state index contributed by atoms with van der Waals surface area (Å²) >= 11 is 12.1. The highest BCUT2D eigenvalue weighted by molar-refractivity contribution is 6.37. The van der Waals surface area contributed by atoms with Gasteiger partial charge >= 0.3 is 5.63 Å². The molecule has 3 rings (SSSR count). The molecule has 0 radical (unpaired) electrons. The second-order valence-electron chi connectivity index (χ2n) is 4.08. The summed E-state index contributed by atoms with van der Waals surface area (Å²) in [5.74, 6) is 0.665. The van der Waals surface area contributed by atoms with Gasteiger partial charge in [0.1, 0.15) is 11.3 Å². The first-order valence-corrected chi connectivity index (χ1v) is 6.55. The molecule has 0 spiro atoms. The van der Waals surface area contributed by atoms with Crippen LogP contribution in [0.3, 0.4) is 0 Å². The van der Waals surface area contributed by atoms with Gasteiger partial charge in [-0.15, -0.1) is 0 Å². The lowest BCUT2D eigenvalue weighted by atomic mass is 10.2. The van der Waals surface area contributed by atoms with E-state index < -0.39 is 5.63 Å². The molecular formula is C15H8Cl2O3. The highest BCUT2D eigenvalue weighted by Crippen LogP contribution is 2.37. The molecule has 1 aromatic heterocycles. The van der Waals surface area contributed by atoms with Crippen molar-refractivity contribution in [3.8, 4) is 11.5 Å². The Labute approximate surface area is 124 Å². The highest BCUT2D eigenvalue weighted by Gasteiger charge is 2.12. The summed E-state index contributed by atoms with van der Waals surface area (Å²) in [5.41, 5.74) is -0.0555. The van der Waals surface area contributed by atoms with E-state index in [1.165, 1.54) is 6.07 Å². The Balaban J connectivity index is 2.18. The van der Waals surface area contributed by atoms with Gasteiger partial charge in [-0.25, -0.2) is 4.79 Å². The molecule has 0 atom stereocenters. The van der Waals surface area contributed by atoms with Gasteiger partial charge in [0, 0.05) is 0 Å². The molecule has 0 aliphatic carbocycles. The summed E-state index contributed by atoms with van der Waals surface area (Å²) in [6.07, 6.45) is 0. The standard InChI is InChI=1S/C15H8Cl2O3/c16-10-5-3-6-11(17)15(10)20-13-8-14(18)19-12-7-2-1-4-9(12)13/h1-8H. The van der Waals surface area contributed by atoms with E-state index in [4.69, 9.17) is 32.4 Å². The summed E-state index contributed by atoms with van der Waals surface area (Å²) in [6.45, 7) is 0. The zero-order valence-corrected chi connectivity index (χ0v) is 11.6. The lowest BCUT2D eigenvalue weighted by Gasteiger charge is -2.10. The molecule has 2 aromatic carbocycles. The molecule has 0 amide bonds. The van der Waals surface area contributed by atoms with Gasteiger partial charge < -0.3 is 9.15 Å². The quantitative estimate of drug-likeness (QED) is 0.633. The molecule has 20 heavy (non-hydrogen) atoms. The first-order chi connectivity index (χ1) is 9.65. The fourth-order valence-corrected chi connectivity index (χ4v) is 2.33. The number of fused-ring (bicyclic) bond motifs is 1. The molecule has 0 saturated carbocycles. The van der Waals surface area contributed by atoms with Gasteiger partial charge in [-0.2, -0.15) is 0 Å². The Morgan fingerprint density at radius 1 is 0.950 bits per heavy atom. The van der Waals surface area contributed by atoms with Crippen LogP contribution in [0.2, 0.25) is 10.0 Å². The van der Waals surface area contributed by atoms with Crippen LogP contribution in [0, 0.1) is 0 Å². The van der Waals surface area contributed by atoms with Gasteiger partial charge in [0.15, 0.2) is 5.75 Å². The Morgan fingerprint density at radius 2 is 1.65 bits per heavy atom. The fourth-order valence-electron chi connectivity index (χ4n) is 1.86. The molecule has 0 aliphatic heterocycles. The molecular weight excluding hydrogens is 299 g/mol. The number of para-hydroxylation sites is 2. The van der Waals surface area contributed by atoms with E-state index in [0.29, 0.717) is 32.5 Å². The summed E-state index contributed by atoms with van der Waals surface area (Å²) in [6, 6.07) is 13.4. The van der Waals surface area contributed by atoms with Crippen molar-refractivity contribution in [2.24, 2.45) is 0 Å². The minimum Gasteiger partial charge on any atom is -0.453 e. The van der Waals surface area contributed by atoms with Crippen LogP contribution in [-0.4, -0.2) is 0 Å². The number of hydrogen-bond donors (Lipinski definition) is 0. The molecule has 1 heterocycles. The number of hydrogen-bond acceptors (Lipinski definition) is 3. The van der Waals surface area contributed by atoms with Crippen LogP contribution < -0.4 is 10.4 Å². The number of benzene rings is 2. The molecule has 0 saturated heterocycles. The van der Waals surface area contributed by atoms with E-state index >= 15 is 0 Å². The first kappa shape index (κ1) is 13.0. The largest absolute Gasteiger partial charge is 0.453 e. The molecule has 0 bridgehead atoms. The molecule has 100 valence electrons. The molecule has 0 aliphatic rings. The number of halogens is 2. The summed E-state index contributed by atoms with van der Waals surface area (Å²) in [7, 11) is 0. The topological polar surface area (TPSA) is 39.4 Å². The predicted octanol–water partition coefficient (Wildman–Crippen LogP) is 4.89. The maximum atomic E-state index is 11.6. The third-order valence-corrected chi connectivity index (χ3v) is 3.34. The van der Waals surface area contributed by atoms with Gasteiger partial charge in [0.2, 0.25) is 0 Å². The zero-order chi connectivity index (χ0) is 14.1. The van der Waals surface area contributed by atoms with E-state index in [9.17, 15) is 4.79 Å². The SMILES string of the molecule is O=c1cc(Oc2c(Cl)cccc2Cl)c2ccccc2o1. The average molecular weight is 307 g/mol. The molecule has 0 unspecified atom stereocenters. The van der Waals surface area contributed by atoms with Crippen molar-refractivity contribution in [3.05, 3.63) is 69.0 Å². The van der Waals surface area contributed by atoms with Crippen molar-refractivity contribution in [2.45, 2.75) is 0 Å². The van der Waals surface area contributed by atoms with Crippen molar-refractivity contribution in [1.82, 2.24) is 0 Å². The lowest BCUT2D eigenvalue weighted by Crippen LogP contribution is -1.98. The number of ether oxygens (including phenoxy) is 1. The van der Waals surface area contributed by atoms with Gasteiger partial charge in [-0.05, 0) is 24.3 Å². The van der Waals surface area contributed by atoms with Gasteiger partial charge in [-0.1, -0.05) is 41.4 Å². The second kappa shape index (κ2) is 5.19. The van der Waals surface area contributed by atoms with E-state index in [0.717, 1.165) is 0 Å². The summed E-state index contributed by atoms with van der Waals surface area (Å²) in [4.78, 5) is 11.6. The van der Waals surface area contributed by atoms with E-state index in [2.05, 4.69) is 0 Å². The average Bonchev–Trinajstić information content (AvgIpc) is 2.42. The minimum atomic E-state index is -0.498. The number of rotatable bonds is 2. The van der Waals surface area contributed by atoms with Crippen molar-refractivity contribution in [1.29, 1.82) is 0 Å². The van der Waals surface area contributed by atoms with Gasteiger partial charge in [-0.3, -0.25) is 0 Å². The van der Waals surface area contributed by atoms with Crippen LogP contribution >= 0.6 is 23.2 Å². The van der Waals surface area contributed by atoms with Crippen LogP contribution in [0.1, 0.15) is 0 Å². The Kier molecular flexibility index (Phi) is 3.38. The monoisotopic (exact) mass is 306 g/mol. The summed E-state index contributed by atoms with van der Waals surface area (Å²) < 4.78 is 10.8. The third kappa shape index (κ3) is 2.38. The van der Waals surface area contributed by atoms with Gasteiger partial charge in [0.05, 0.1) is 21.5 Å². The van der Waals surface area contributed by atoms with E-state index in [-0.39, 0.29) is 0 Å². The van der Waals surface area contributed by atoms with Crippen molar-refractivity contribution >= 4 is 34.2 Å².